The second-order valence-corrected chi connectivity index (χ2v) is 28.9. The van der Waals surface area contributed by atoms with Gasteiger partial charge in [0, 0.05) is 6.61 Å². The Kier molecular flexibility index (Phi) is 55.3. The number of aliphatic hydroxyl groups excluding tert-OH is 1. The molecule has 1 unspecified atom stereocenters. The van der Waals surface area contributed by atoms with Crippen molar-refractivity contribution in [3.8, 4) is 0 Å². The van der Waals surface area contributed by atoms with Crippen molar-refractivity contribution in [1.82, 2.24) is 0 Å². The van der Waals surface area contributed by atoms with Crippen LogP contribution in [0.4, 0.5) is 0 Å². The Labute approximate surface area is 568 Å². The van der Waals surface area contributed by atoms with Gasteiger partial charge in [0.15, 0.2) is 0 Å². The molecule has 0 radical (unpaired) electrons. The SMILES string of the molecule is CC(C)=CCC/C(C)=C/CC/C(C)=C/CC/C(C)=C/CC/C(C)=C/CC/C(C)=C/CC/C(C)=C/CC/C(C)=C/CC/C(C)=C/CC/C(C)=C/CC/C(C)=C/CC/C(C)=C/CC/C(C)=C/CC/C(C)=C/CC/C(C)=C/CC/C(C)=C/CC/C(C)=C/CCC(C)CCO. The third kappa shape index (κ3) is 59.1. The Morgan fingerprint density at radius 2 is 0.308 bits per heavy atom. The molecule has 0 aliphatic rings. The lowest BCUT2D eigenvalue weighted by atomic mass is 10.0. The standard InChI is InChI=1S/C90H148O/c1-73(2)37-20-38-74(3)39-21-40-75(4)41-22-42-76(5)43-23-44-77(6)45-24-46-78(7)47-25-48-79(8)49-26-50-80(9)51-27-52-81(10)53-28-54-82(11)55-29-56-83(12)57-30-58-84(13)59-31-60-85(14)61-32-62-86(15)63-33-64-87(16)65-34-66-88(17)67-35-68-89(18)69-36-70-90(19)71-72-91/h37,39,41,43,45,47,49,51,53,55,57,59,61,63,65,67,69,90-91H,20-36,38,40,42,44,46,48,50,52,54,56,58,60,62,64,66,68,70-72H2,1-19H3/b74-39+,75-41+,76-43+,77-45+,78-47+,79-49+,80-51+,81-53+,82-55+,83-57+,84-59+,85-61+,86-63+,87-65+,88-67+,89-69+. The number of hydrogen-bond donors (Lipinski definition) is 1. The molecule has 1 N–H and O–H groups in total. The van der Waals surface area contributed by atoms with Gasteiger partial charge in [-0.2, -0.15) is 0 Å². The molecule has 0 aliphatic carbocycles. The van der Waals surface area contributed by atoms with Gasteiger partial charge in [0.05, 0.1) is 0 Å². The molecule has 0 rings (SSSR count). The molecule has 0 fully saturated rings. The maximum atomic E-state index is 9.11. The van der Waals surface area contributed by atoms with E-state index >= 15 is 0 Å². The fraction of sp³-hybridized carbons (Fsp3) is 0.622. The van der Waals surface area contributed by atoms with E-state index in [1.54, 1.807) is 0 Å². The fourth-order valence-corrected chi connectivity index (χ4v) is 11.4. The average molecular weight is 1250 g/mol. The minimum Gasteiger partial charge on any atom is -0.396 e. The van der Waals surface area contributed by atoms with Gasteiger partial charge in [0.25, 0.3) is 0 Å². The summed E-state index contributed by atoms with van der Waals surface area (Å²) in [5.74, 6) is 0.611. The van der Waals surface area contributed by atoms with Crippen molar-refractivity contribution >= 4 is 0 Å². The van der Waals surface area contributed by atoms with Gasteiger partial charge >= 0.3 is 0 Å². The van der Waals surface area contributed by atoms with E-state index < -0.39 is 0 Å². The van der Waals surface area contributed by atoms with Crippen LogP contribution in [-0.4, -0.2) is 11.7 Å². The molecule has 0 spiro atoms. The molecule has 0 bridgehead atoms. The molecule has 514 valence electrons. The van der Waals surface area contributed by atoms with Crippen LogP contribution in [0, 0.1) is 5.92 Å². The van der Waals surface area contributed by atoms with Crippen LogP contribution in [0.2, 0.25) is 0 Å². The molecule has 1 atom stereocenters. The quantitative estimate of drug-likeness (QED) is 0.0602. The number of hydrogen-bond acceptors (Lipinski definition) is 1. The Hall–Kier alpha value is -4.46. The minimum atomic E-state index is 0.309. The van der Waals surface area contributed by atoms with E-state index in [1.807, 2.05) is 0 Å². The molecular weight excluding hydrogens is 1100 g/mol. The van der Waals surface area contributed by atoms with Crippen molar-refractivity contribution in [3.05, 3.63) is 198 Å². The largest absolute Gasteiger partial charge is 0.396 e. The predicted octanol–water partition coefficient (Wildman–Crippen LogP) is 30.4. The van der Waals surface area contributed by atoms with E-state index in [4.69, 9.17) is 5.11 Å². The van der Waals surface area contributed by atoms with Crippen LogP contribution in [0.1, 0.15) is 356 Å². The van der Waals surface area contributed by atoms with Crippen molar-refractivity contribution in [2.45, 2.75) is 356 Å². The third-order valence-corrected chi connectivity index (χ3v) is 18.3. The lowest BCUT2D eigenvalue weighted by molar-refractivity contribution is 0.259. The first-order chi connectivity index (χ1) is 43.5. The summed E-state index contributed by atoms with van der Waals surface area (Å²) >= 11 is 0. The highest BCUT2D eigenvalue weighted by molar-refractivity contribution is 5.14. The van der Waals surface area contributed by atoms with Crippen LogP contribution in [0.3, 0.4) is 0 Å². The first-order valence-electron chi connectivity index (χ1n) is 37.2. The maximum absolute atomic E-state index is 9.11. The lowest BCUT2D eigenvalue weighted by Crippen LogP contribution is -1.97. The van der Waals surface area contributed by atoms with E-state index in [9.17, 15) is 0 Å². The molecule has 1 heteroatoms. The summed E-state index contributed by atoms with van der Waals surface area (Å²) < 4.78 is 0. The van der Waals surface area contributed by atoms with Gasteiger partial charge in [-0.3, -0.25) is 0 Å². The fourth-order valence-electron chi connectivity index (χ4n) is 11.4. The summed E-state index contributed by atoms with van der Waals surface area (Å²) in [7, 11) is 0. The van der Waals surface area contributed by atoms with Gasteiger partial charge in [0.1, 0.15) is 0 Å². The molecule has 0 saturated carbocycles. The van der Waals surface area contributed by atoms with Crippen LogP contribution >= 0.6 is 0 Å². The van der Waals surface area contributed by atoms with Crippen molar-refractivity contribution in [3.63, 3.8) is 0 Å². The van der Waals surface area contributed by atoms with E-state index in [0.29, 0.717) is 12.5 Å². The molecule has 0 aliphatic heterocycles. The maximum Gasteiger partial charge on any atom is 0.0433 e. The van der Waals surface area contributed by atoms with E-state index in [2.05, 4.69) is 235 Å². The summed E-state index contributed by atoms with van der Waals surface area (Å²) in [5, 5.41) is 9.11. The first-order valence-corrected chi connectivity index (χ1v) is 37.2. The van der Waals surface area contributed by atoms with Gasteiger partial charge in [-0.05, 0) is 355 Å². The molecule has 0 aromatic carbocycles. The molecule has 0 aromatic rings. The van der Waals surface area contributed by atoms with E-state index in [0.717, 1.165) is 116 Å². The van der Waals surface area contributed by atoms with Crippen molar-refractivity contribution in [2.24, 2.45) is 5.92 Å². The zero-order valence-corrected chi connectivity index (χ0v) is 63.8. The van der Waals surface area contributed by atoms with Gasteiger partial charge in [-0.1, -0.05) is 205 Å². The number of allylic oxidation sites excluding steroid dienone is 34. The second-order valence-electron chi connectivity index (χ2n) is 28.9. The monoisotopic (exact) mass is 1250 g/mol. The first kappa shape index (κ1) is 86.5. The summed E-state index contributed by atoms with van der Waals surface area (Å²) in [6, 6.07) is 0. The molecule has 0 amide bonds. The third-order valence-electron chi connectivity index (χ3n) is 18.3. The van der Waals surface area contributed by atoms with Gasteiger partial charge in [0.2, 0.25) is 0 Å². The van der Waals surface area contributed by atoms with Gasteiger partial charge in [-0.15, -0.1) is 0 Å². The van der Waals surface area contributed by atoms with Crippen molar-refractivity contribution in [1.29, 1.82) is 0 Å². The van der Waals surface area contributed by atoms with Crippen LogP contribution in [0.25, 0.3) is 0 Å². The Bertz CT molecular complexity index is 2510. The average Bonchev–Trinajstić information content (AvgIpc) is 3.47. The summed E-state index contributed by atoms with van der Waals surface area (Å²) in [5.41, 5.74) is 25.8. The Balaban J connectivity index is 4.34. The molecule has 0 aromatic heterocycles. The van der Waals surface area contributed by atoms with Crippen LogP contribution in [0.5, 0.6) is 0 Å². The summed E-state index contributed by atoms with van der Waals surface area (Å²) in [6.07, 6.45) is 82.2. The molecular formula is C90H148O. The van der Waals surface area contributed by atoms with Crippen LogP contribution in [-0.2, 0) is 0 Å². The highest BCUT2D eigenvalue weighted by Gasteiger charge is 2.03. The minimum absolute atomic E-state index is 0.309. The van der Waals surface area contributed by atoms with E-state index in [1.165, 1.54) is 204 Å². The number of rotatable bonds is 53. The highest BCUT2D eigenvalue weighted by Crippen LogP contribution is 2.22. The molecule has 91 heavy (non-hydrogen) atoms. The topological polar surface area (TPSA) is 20.2 Å². The summed E-state index contributed by atoms with van der Waals surface area (Å²) in [6.45, 7) is 43.9. The lowest BCUT2D eigenvalue weighted by Gasteiger charge is -2.07. The second kappa shape index (κ2) is 58.1. The predicted molar refractivity (Wildman–Crippen MR) is 417 cm³/mol. The van der Waals surface area contributed by atoms with Crippen molar-refractivity contribution < 1.29 is 5.11 Å². The molecule has 1 nitrogen and oxygen atoms in total. The normalized spacial score (nSPS) is 15.4. The van der Waals surface area contributed by atoms with Crippen molar-refractivity contribution in [2.75, 3.05) is 6.61 Å². The van der Waals surface area contributed by atoms with Crippen LogP contribution in [0.15, 0.2) is 198 Å². The zero-order valence-electron chi connectivity index (χ0n) is 63.8. The van der Waals surface area contributed by atoms with Gasteiger partial charge < -0.3 is 5.11 Å². The van der Waals surface area contributed by atoms with Crippen LogP contribution < -0.4 is 0 Å². The Morgan fingerprint density at radius 3 is 0.429 bits per heavy atom. The van der Waals surface area contributed by atoms with Gasteiger partial charge in [-0.25, -0.2) is 0 Å². The Morgan fingerprint density at radius 1 is 0.187 bits per heavy atom. The zero-order chi connectivity index (χ0) is 67.9. The summed E-state index contributed by atoms with van der Waals surface area (Å²) in [4.78, 5) is 0. The highest BCUT2D eigenvalue weighted by atomic mass is 16.3. The van der Waals surface area contributed by atoms with E-state index in [-0.39, 0.29) is 0 Å². The smallest absolute Gasteiger partial charge is 0.0433 e. The molecule has 0 heterocycles. The molecule has 0 saturated heterocycles. The number of aliphatic hydroxyl groups is 1.